The van der Waals surface area contributed by atoms with Crippen molar-refractivity contribution in [3.8, 4) is 0 Å². The van der Waals surface area contributed by atoms with E-state index in [9.17, 15) is 5.11 Å². The van der Waals surface area contributed by atoms with Crippen LogP contribution >= 0.6 is 0 Å². The minimum absolute atomic E-state index is 0.116. The molecule has 1 unspecified atom stereocenters. The first-order valence-electron chi connectivity index (χ1n) is 6.21. The van der Waals surface area contributed by atoms with Gasteiger partial charge in [-0.25, -0.2) is 0 Å². The molecule has 0 aliphatic carbocycles. The average molecular weight is 218 g/mol. The van der Waals surface area contributed by atoms with Gasteiger partial charge in [-0.15, -0.1) is 0 Å². The Hall–Kier alpha value is -0.120. The quantitative estimate of drug-likeness (QED) is 0.389. The minimum Gasteiger partial charge on any atom is -0.393 e. The van der Waals surface area contributed by atoms with Gasteiger partial charge in [-0.2, -0.15) is 0 Å². The average Bonchev–Trinajstić information content (AvgIpc) is 2.21. The zero-order chi connectivity index (χ0) is 11.5. The Balaban J connectivity index is 2.99. The van der Waals surface area contributed by atoms with Crippen LogP contribution in [0.1, 0.15) is 64.7 Å². The highest BCUT2D eigenvalue weighted by molar-refractivity contribution is 4.53. The zero-order valence-corrected chi connectivity index (χ0v) is 9.86. The Kier molecular flexibility index (Phi) is 10.3. The third-order valence-corrected chi connectivity index (χ3v) is 2.72. The lowest BCUT2D eigenvalue weighted by Crippen LogP contribution is -2.03. The first kappa shape index (κ1) is 14.9. The molecule has 0 amide bonds. The number of aliphatic hydroxyl groups excluding tert-OH is 2. The highest BCUT2D eigenvalue weighted by atomic mass is 16.5. The molecular weight excluding hydrogens is 192 g/mol. The third-order valence-electron chi connectivity index (χ3n) is 2.72. The Bertz CT molecular complexity index is 126. The van der Waals surface area contributed by atoms with Crippen molar-refractivity contribution in [1.29, 1.82) is 0 Å². The zero-order valence-electron chi connectivity index (χ0n) is 9.86. The lowest BCUT2D eigenvalue weighted by atomic mass is 10.1. The standard InChI is InChI=1S/C12H26O3/c1-2-11(13)9-7-5-3-4-6-8-10-12(14)15/h11-15H,2-10H2,1H3. The fourth-order valence-corrected chi connectivity index (χ4v) is 1.62. The molecule has 0 aliphatic heterocycles. The maximum absolute atomic E-state index is 9.30. The molecule has 0 bridgehead atoms. The Morgan fingerprint density at radius 1 is 0.733 bits per heavy atom. The molecule has 0 aliphatic rings. The predicted octanol–water partition coefficient (Wildman–Crippen LogP) is 2.19. The monoisotopic (exact) mass is 218 g/mol. The summed E-state index contributed by atoms with van der Waals surface area (Å²) in [6.45, 7) is 2.00. The summed E-state index contributed by atoms with van der Waals surface area (Å²) in [5.74, 6) is 0. The van der Waals surface area contributed by atoms with Crippen molar-refractivity contribution in [2.45, 2.75) is 77.1 Å². The van der Waals surface area contributed by atoms with Gasteiger partial charge < -0.3 is 15.3 Å². The first-order chi connectivity index (χ1) is 7.16. The van der Waals surface area contributed by atoms with E-state index < -0.39 is 6.29 Å². The maximum Gasteiger partial charge on any atom is 0.151 e. The van der Waals surface area contributed by atoms with Crippen LogP contribution in [0.2, 0.25) is 0 Å². The van der Waals surface area contributed by atoms with E-state index in [1.807, 2.05) is 6.92 Å². The van der Waals surface area contributed by atoms with Crippen molar-refractivity contribution >= 4 is 0 Å². The van der Waals surface area contributed by atoms with Crippen molar-refractivity contribution in [3.05, 3.63) is 0 Å². The number of hydrogen-bond acceptors (Lipinski definition) is 3. The number of rotatable bonds is 10. The molecule has 0 saturated heterocycles. The summed E-state index contributed by atoms with van der Waals surface area (Å²) in [6, 6.07) is 0. The molecule has 0 radical (unpaired) electrons. The maximum atomic E-state index is 9.30. The van der Waals surface area contributed by atoms with Crippen molar-refractivity contribution in [1.82, 2.24) is 0 Å². The van der Waals surface area contributed by atoms with Crippen LogP contribution in [0.15, 0.2) is 0 Å². The normalized spacial score (nSPS) is 13.4. The van der Waals surface area contributed by atoms with E-state index in [-0.39, 0.29) is 6.10 Å². The first-order valence-corrected chi connectivity index (χ1v) is 6.21. The predicted molar refractivity (Wildman–Crippen MR) is 61.5 cm³/mol. The minimum atomic E-state index is -1.13. The number of aliphatic hydroxyl groups is 3. The highest BCUT2D eigenvalue weighted by Gasteiger charge is 2.00. The number of hydrogen-bond donors (Lipinski definition) is 3. The van der Waals surface area contributed by atoms with Gasteiger partial charge in [0.15, 0.2) is 6.29 Å². The van der Waals surface area contributed by atoms with Gasteiger partial charge in [-0.05, 0) is 25.7 Å². The molecule has 92 valence electrons. The van der Waals surface area contributed by atoms with E-state index in [0.717, 1.165) is 38.5 Å². The van der Waals surface area contributed by atoms with E-state index in [4.69, 9.17) is 10.2 Å². The summed E-state index contributed by atoms with van der Waals surface area (Å²) in [5.41, 5.74) is 0. The molecule has 3 nitrogen and oxygen atoms in total. The lowest BCUT2D eigenvalue weighted by molar-refractivity contribution is -0.0466. The Labute approximate surface area is 93.1 Å². The Morgan fingerprint density at radius 2 is 1.20 bits per heavy atom. The van der Waals surface area contributed by atoms with E-state index in [1.54, 1.807) is 0 Å². The van der Waals surface area contributed by atoms with Gasteiger partial charge >= 0.3 is 0 Å². The van der Waals surface area contributed by atoms with Crippen molar-refractivity contribution < 1.29 is 15.3 Å². The van der Waals surface area contributed by atoms with Gasteiger partial charge in [0, 0.05) is 0 Å². The molecule has 0 rings (SSSR count). The molecule has 0 fully saturated rings. The van der Waals surface area contributed by atoms with Gasteiger partial charge in [0.05, 0.1) is 6.10 Å². The molecule has 0 heterocycles. The SMILES string of the molecule is CCC(O)CCCCCCCCC(O)O. The van der Waals surface area contributed by atoms with E-state index in [0.29, 0.717) is 6.42 Å². The summed E-state index contributed by atoms with van der Waals surface area (Å²) < 4.78 is 0. The second-order valence-corrected chi connectivity index (χ2v) is 4.24. The van der Waals surface area contributed by atoms with E-state index >= 15 is 0 Å². The van der Waals surface area contributed by atoms with Crippen LogP contribution in [0.25, 0.3) is 0 Å². The van der Waals surface area contributed by atoms with Gasteiger partial charge in [-0.1, -0.05) is 39.0 Å². The van der Waals surface area contributed by atoms with Gasteiger partial charge in [0.2, 0.25) is 0 Å². The van der Waals surface area contributed by atoms with Gasteiger partial charge in [0.25, 0.3) is 0 Å². The molecule has 1 atom stereocenters. The molecule has 3 heteroatoms. The smallest absolute Gasteiger partial charge is 0.151 e. The van der Waals surface area contributed by atoms with Crippen LogP contribution in [0.5, 0.6) is 0 Å². The summed E-state index contributed by atoms with van der Waals surface area (Å²) in [4.78, 5) is 0. The van der Waals surface area contributed by atoms with Crippen molar-refractivity contribution in [2.75, 3.05) is 0 Å². The second-order valence-electron chi connectivity index (χ2n) is 4.24. The summed E-state index contributed by atoms with van der Waals surface area (Å²) in [7, 11) is 0. The highest BCUT2D eigenvalue weighted by Crippen LogP contribution is 2.11. The molecule has 0 aromatic rings. The number of unbranched alkanes of at least 4 members (excludes halogenated alkanes) is 5. The van der Waals surface area contributed by atoms with Crippen molar-refractivity contribution in [2.24, 2.45) is 0 Å². The third kappa shape index (κ3) is 11.8. The largest absolute Gasteiger partial charge is 0.393 e. The van der Waals surface area contributed by atoms with E-state index in [2.05, 4.69) is 0 Å². The summed E-state index contributed by atoms with van der Waals surface area (Å²) in [5, 5.41) is 26.5. The molecular formula is C12H26O3. The molecule has 0 aromatic carbocycles. The van der Waals surface area contributed by atoms with Crippen LogP contribution in [0.3, 0.4) is 0 Å². The fourth-order valence-electron chi connectivity index (χ4n) is 1.62. The summed E-state index contributed by atoms with van der Waals surface area (Å²) >= 11 is 0. The van der Waals surface area contributed by atoms with Crippen molar-refractivity contribution in [3.63, 3.8) is 0 Å². The Morgan fingerprint density at radius 3 is 1.67 bits per heavy atom. The molecule has 0 spiro atoms. The summed E-state index contributed by atoms with van der Waals surface area (Å²) in [6.07, 6.45) is 7.64. The van der Waals surface area contributed by atoms with Crippen LogP contribution < -0.4 is 0 Å². The molecule has 0 saturated carbocycles. The van der Waals surface area contributed by atoms with Gasteiger partial charge in [0.1, 0.15) is 0 Å². The lowest BCUT2D eigenvalue weighted by Gasteiger charge is -2.07. The van der Waals surface area contributed by atoms with Gasteiger partial charge in [-0.3, -0.25) is 0 Å². The van der Waals surface area contributed by atoms with Crippen LogP contribution in [-0.2, 0) is 0 Å². The molecule has 0 aromatic heterocycles. The van der Waals surface area contributed by atoms with Crippen LogP contribution in [0.4, 0.5) is 0 Å². The topological polar surface area (TPSA) is 60.7 Å². The van der Waals surface area contributed by atoms with Crippen LogP contribution in [-0.4, -0.2) is 27.7 Å². The van der Waals surface area contributed by atoms with E-state index in [1.165, 1.54) is 12.8 Å². The van der Waals surface area contributed by atoms with Crippen LogP contribution in [0, 0.1) is 0 Å². The molecule has 3 N–H and O–H groups in total. The fraction of sp³-hybridized carbons (Fsp3) is 1.00. The second kappa shape index (κ2) is 10.4. The molecule has 15 heavy (non-hydrogen) atoms.